The molecule has 0 atom stereocenters. The molecule has 0 spiro atoms. The Bertz CT molecular complexity index is 1190. The summed E-state index contributed by atoms with van der Waals surface area (Å²) in [4.78, 5) is 24.0. The maximum absolute atomic E-state index is 13.0. The van der Waals surface area contributed by atoms with Crippen LogP contribution in [0.15, 0.2) is 85.1 Å². The molecule has 1 N–H and O–H groups in total. The quantitative estimate of drug-likeness (QED) is 0.560. The third-order valence-electron chi connectivity index (χ3n) is 4.68. The molecular formula is C24H18N3O3-. The highest BCUT2D eigenvalue weighted by molar-refractivity contribution is 6.08. The van der Waals surface area contributed by atoms with E-state index in [0.717, 1.165) is 16.8 Å². The normalized spacial score (nSPS) is 10.6. The summed E-state index contributed by atoms with van der Waals surface area (Å²) in [6.07, 6.45) is 1.69. The number of carboxylic acids is 1. The molecule has 4 aromatic rings. The zero-order valence-corrected chi connectivity index (χ0v) is 16.2. The topological polar surface area (TPSA) is 87.0 Å². The van der Waals surface area contributed by atoms with Gasteiger partial charge in [0.2, 0.25) is 0 Å². The van der Waals surface area contributed by atoms with Crippen molar-refractivity contribution >= 4 is 17.6 Å². The van der Waals surface area contributed by atoms with Crippen molar-refractivity contribution < 1.29 is 14.7 Å². The predicted molar refractivity (Wildman–Crippen MR) is 112 cm³/mol. The van der Waals surface area contributed by atoms with Gasteiger partial charge in [0.05, 0.1) is 17.2 Å². The smallest absolute Gasteiger partial charge is 0.259 e. The molecule has 4 rings (SSSR count). The van der Waals surface area contributed by atoms with Crippen LogP contribution in [0.5, 0.6) is 0 Å². The summed E-state index contributed by atoms with van der Waals surface area (Å²) in [5, 5.41) is 18.4. The largest absolute Gasteiger partial charge is 0.545 e. The van der Waals surface area contributed by atoms with Crippen molar-refractivity contribution in [2.75, 3.05) is 5.32 Å². The van der Waals surface area contributed by atoms with E-state index in [1.54, 1.807) is 10.9 Å². The van der Waals surface area contributed by atoms with Crippen LogP contribution in [0.1, 0.15) is 26.3 Å². The lowest BCUT2D eigenvalue weighted by molar-refractivity contribution is -0.255. The first kappa shape index (κ1) is 19.1. The van der Waals surface area contributed by atoms with Crippen LogP contribution < -0.4 is 10.4 Å². The Balaban J connectivity index is 1.71. The van der Waals surface area contributed by atoms with E-state index in [1.165, 1.54) is 24.3 Å². The minimum absolute atomic E-state index is 0.0465. The van der Waals surface area contributed by atoms with Crippen molar-refractivity contribution in [3.8, 4) is 16.9 Å². The number of nitrogens with one attached hydrogen (secondary N) is 1. The Labute approximate surface area is 173 Å². The minimum atomic E-state index is -1.27. The number of para-hydroxylation sites is 1. The van der Waals surface area contributed by atoms with Crippen molar-refractivity contribution in [3.05, 3.63) is 102 Å². The van der Waals surface area contributed by atoms with Crippen LogP contribution in [0.25, 0.3) is 16.9 Å². The van der Waals surface area contributed by atoms with E-state index in [2.05, 4.69) is 10.4 Å². The van der Waals surface area contributed by atoms with Crippen LogP contribution in [-0.2, 0) is 0 Å². The molecule has 0 radical (unpaired) electrons. The van der Waals surface area contributed by atoms with Crippen molar-refractivity contribution in [2.24, 2.45) is 0 Å². The van der Waals surface area contributed by atoms with Gasteiger partial charge < -0.3 is 15.2 Å². The summed E-state index contributed by atoms with van der Waals surface area (Å²) in [5.41, 5.74) is 4.27. The molecule has 30 heavy (non-hydrogen) atoms. The number of amides is 1. The second-order valence-corrected chi connectivity index (χ2v) is 6.86. The number of nitrogens with zero attached hydrogens (tertiary/aromatic N) is 2. The molecule has 3 aromatic carbocycles. The van der Waals surface area contributed by atoms with Crippen molar-refractivity contribution in [1.29, 1.82) is 0 Å². The molecule has 6 nitrogen and oxygen atoms in total. The minimum Gasteiger partial charge on any atom is -0.545 e. The van der Waals surface area contributed by atoms with Crippen LogP contribution in [0, 0.1) is 6.92 Å². The van der Waals surface area contributed by atoms with Gasteiger partial charge >= 0.3 is 0 Å². The van der Waals surface area contributed by atoms with Crippen molar-refractivity contribution in [1.82, 2.24) is 9.78 Å². The van der Waals surface area contributed by atoms with Gasteiger partial charge in [-0.05, 0) is 36.8 Å². The summed E-state index contributed by atoms with van der Waals surface area (Å²) in [6, 6.07) is 23.2. The summed E-state index contributed by atoms with van der Waals surface area (Å²) < 4.78 is 1.67. The van der Waals surface area contributed by atoms with Gasteiger partial charge in [0.25, 0.3) is 5.91 Å². The van der Waals surface area contributed by atoms with Gasteiger partial charge in [-0.1, -0.05) is 60.2 Å². The van der Waals surface area contributed by atoms with E-state index < -0.39 is 5.97 Å². The Morgan fingerprint density at radius 3 is 2.20 bits per heavy atom. The monoisotopic (exact) mass is 396 g/mol. The molecule has 1 heterocycles. The van der Waals surface area contributed by atoms with Gasteiger partial charge in [-0.15, -0.1) is 0 Å². The van der Waals surface area contributed by atoms with Crippen LogP contribution in [0.2, 0.25) is 0 Å². The first-order valence-electron chi connectivity index (χ1n) is 9.36. The zero-order valence-electron chi connectivity index (χ0n) is 16.2. The second kappa shape index (κ2) is 8.05. The number of aromatic nitrogens is 2. The molecule has 0 aliphatic carbocycles. The fraction of sp³-hybridized carbons (Fsp3) is 0.0417. The molecule has 1 amide bonds. The third-order valence-corrected chi connectivity index (χ3v) is 4.68. The van der Waals surface area contributed by atoms with Gasteiger partial charge in [0.1, 0.15) is 5.69 Å². The van der Waals surface area contributed by atoms with Gasteiger partial charge in [-0.3, -0.25) is 4.79 Å². The predicted octanol–water partition coefficient (Wildman–Crippen LogP) is 3.46. The number of hydrogen-bond donors (Lipinski definition) is 1. The first-order valence-corrected chi connectivity index (χ1v) is 9.36. The fourth-order valence-corrected chi connectivity index (χ4v) is 3.07. The van der Waals surface area contributed by atoms with E-state index in [4.69, 9.17) is 0 Å². The Morgan fingerprint density at radius 2 is 1.57 bits per heavy atom. The van der Waals surface area contributed by atoms with E-state index in [-0.39, 0.29) is 11.5 Å². The maximum Gasteiger partial charge on any atom is 0.259 e. The molecule has 0 unspecified atom stereocenters. The molecule has 0 saturated carbocycles. The lowest BCUT2D eigenvalue weighted by atomic mass is 10.1. The SMILES string of the molecule is Cc1ccc(-c2nn(-c3ccccc3)cc2C(=O)Nc2ccc(C(=O)[O-])cc2)cc1. The zero-order chi connectivity index (χ0) is 21.1. The summed E-state index contributed by atoms with van der Waals surface area (Å²) in [5.74, 6) is -1.60. The fourth-order valence-electron chi connectivity index (χ4n) is 3.07. The number of carboxylic acid groups (broad SMARTS) is 1. The van der Waals surface area contributed by atoms with Gasteiger partial charge in [-0.2, -0.15) is 5.10 Å². The number of carbonyl (C=O) groups is 2. The highest BCUT2D eigenvalue weighted by atomic mass is 16.4. The average Bonchev–Trinajstić information content (AvgIpc) is 3.21. The molecule has 0 fully saturated rings. The number of hydrogen-bond acceptors (Lipinski definition) is 4. The number of aromatic carboxylic acids is 1. The molecule has 0 aliphatic heterocycles. The van der Waals surface area contributed by atoms with Crippen molar-refractivity contribution in [3.63, 3.8) is 0 Å². The lowest BCUT2D eigenvalue weighted by Crippen LogP contribution is -2.22. The Kier molecular flexibility index (Phi) is 5.13. The number of aryl methyl sites for hydroxylation is 1. The molecule has 6 heteroatoms. The lowest BCUT2D eigenvalue weighted by Gasteiger charge is -2.07. The van der Waals surface area contributed by atoms with Gasteiger partial charge in [-0.25, -0.2) is 4.68 Å². The van der Waals surface area contributed by atoms with Crippen LogP contribution in [0.4, 0.5) is 5.69 Å². The standard InChI is InChI=1S/C24H19N3O3/c1-16-7-9-17(10-8-16)22-21(15-27(26-22)20-5-3-2-4-6-20)23(28)25-19-13-11-18(12-14-19)24(29)30/h2-15H,1H3,(H,25,28)(H,29,30)/p-1. The number of carbonyl (C=O) groups excluding carboxylic acids is 2. The maximum atomic E-state index is 13.0. The summed E-state index contributed by atoms with van der Waals surface area (Å²) in [7, 11) is 0. The highest BCUT2D eigenvalue weighted by Gasteiger charge is 2.19. The molecule has 0 bridgehead atoms. The summed E-state index contributed by atoms with van der Waals surface area (Å²) in [6.45, 7) is 2.00. The van der Waals surface area contributed by atoms with E-state index in [0.29, 0.717) is 16.9 Å². The number of anilines is 1. The summed E-state index contributed by atoms with van der Waals surface area (Å²) >= 11 is 0. The number of benzene rings is 3. The highest BCUT2D eigenvalue weighted by Crippen LogP contribution is 2.25. The number of rotatable bonds is 5. The van der Waals surface area contributed by atoms with E-state index in [1.807, 2.05) is 61.5 Å². The third kappa shape index (κ3) is 3.98. The van der Waals surface area contributed by atoms with E-state index >= 15 is 0 Å². The van der Waals surface area contributed by atoms with Crippen LogP contribution >= 0.6 is 0 Å². The molecule has 0 aliphatic rings. The Morgan fingerprint density at radius 1 is 0.900 bits per heavy atom. The Hall–Kier alpha value is -4.19. The first-order chi connectivity index (χ1) is 14.5. The van der Waals surface area contributed by atoms with Crippen molar-refractivity contribution in [2.45, 2.75) is 6.92 Å². The van der Waals surface area contributed by atoms with E-state index in [9.17, 15) is 14.7 Å². The van der Waals surface area contributed by atoms with Crippen LogP contribution in [-0.4, -0.2) is 21.7 Å². The van der Waals surface area contributed by atoms with Crippen LogP contribution in [0.3, 0.4) is 0 Å². The van der Waals surface area contributed by atoms with Gasteiger partial charge in [0, 0.05) is 17.4 Å². The van der Waals surface area contributed by atoms with Gasteiger partial charge in [0.15, 0.2) is 0 Å². The average molecular weight is 396 g/mol. The molecule has 0 saturated heterocycles. The molecule has 1 aromatic heterocycles. The second-order valence-electron chi connectivity index (χ2n) is 6.86. The molecular weight excluding hydrogens is 378 g/mol. The molecule has 148 valence electrons.